The Balaban J connectivity index is 1.80. The van der Waals surface area contributed by atoms with Crippen molar-refractivity contribution < 1.29 is 14.6 Å². The van der Waals surface area contributed by atoms with Gasteiger partial charge in [-0.15, -0.1) is 0 Å². The van der Waals surface area contributed by atoms with Crippen molar-refractivity contribution in [3.05, 3.63) is 29.8 Å². The first-order chi connectivity index (χ1) is 9.98. The molecule has 0 saturated carbocycles. The molecule has 1 aliphatic rings. The smallest absolute Gasteiger partial charge is 0.222 e. The van der Waals surface area contributed by atoms with E-state index in [1.165, 1.54) is 0 Å². The van der Waals surface area contributed by atoms with Crippen LogP contribution in [0.4, 0.5) is 5.69 Å². The lowest BCUT2D eigenvalue weighted by atomic mass is 9.94. The Bertz CT molecular complexity index is 467. The standard InChI is InChI=1S/C16H24N2O3/c1-18(12-16(20)8-10-21-11-9-16)15(19)7-4-13-2-5-14(17)6-3-13/h2-3,5-6,20H,4,7-12,17H2,1H3. The normalized spacial score (nSPS) is 17.4. The summed E-state index contributed by atoms with van der Waals surface area (Å²) < 4.78 is 5.25. The number of carbonyl (C=O) groups excluding carboxylic acids is 1. The zero-order valence-electron chi connectivity index (χ0n) is 12.5. The van der Waals surface area contributed by atoms with Crippen molar-refractivity contribution in [2.45, 2.75) is 31.3 Å². The lowest BCUT2D eigenvalue weighted by Crippen LogP contribution is -2.47. The molecule has 5 nitrogen and oxygen atoms in total. The SMILES string of the molecule is CN(CC1(O)CCOCC1)C(=O)CCc1ccc(N)cc1. The van der Waals surface area contributed by atoms with Crippen molar-refractivity contribution in [3.63, 3.8) is 0 Å². The number of hydrogen-bond acceptors (Lipinski definition) is 4. The molecule has 1 saturated heterocycles. The van der Waals surface area contributed by atoms with Gasteiger partial charge in [-0.05, 0) is 24.1 Å². The predicted octanol–water partition coefficient (Wildman–Crippen LogP) is 1.20. The van der Waals surface area contributed by atoms with Crippen molar-refractivity contribution in [1.82, 2.24) is 4.90 Å². The molecule has 1 amide bonds. The number of amides is 1. The summed E-state index contributed by atoms with van der Waals surface area (Å²) >= 11 is 0. The van der Waals surface area contributed by atoms with E-state index in [9.17, 15) is 9.90 Å². The highest BCUT2D eigenvalue weighted by Crippen LogP contribution is 2.21. The quantitative estimate of drug-likeness (QED) is 0.800. The highest BCUT2D eigenvalue weighted by molar-refractivity contribution is 5.76. The molecule has 0 aliphatic carbocycles. The fourth-order valence-corrected chi connectivity index (χ4v) is 2.57. The molecular formula is C16H24N2O3. The summed E-state index contributed by atoms with van der Waals surface area (Å²) in [5, 5.41) is 10.4. The number of aryl methyl sites for hydroxylation is 1. The monoisotopic (exact) mass is 292 g/mol. The second-order valence-electron chi connectivity index (χ2n) is 5.83. The van der Waals surface area contributed by atoms with Crippen LogP contribution in [-0.4, -0.2) is 48.3 Å². The predicted molar refractivity (Wildman–Crippen MR) is 81.8 cm³/mol. The first-order valence-corrected chi connectivity index (χ1v) is 7.37. The van der Waals surface area contributed by atoms with Crippen LogP contribution in [0.5, 0.6) is 0 Å². The number of nitrogen functional groups attached to an aromatic ring is 1. The number of hydrogen-bond donors (Lipinski definition) is 2. The molecule has 1 aliphatic heterocycles. The highest BCUT2D eigenvalue weighted by Gasteiger charge is 2.32. The molecule has 3 N–H and O–H groups in total. The zero-order chi connectivity index (χ0) is 15.3. The molecule has 1 fully saturated rings. The Labute approximate surface area is 125 Å². The van der Waals surface area contributed by atoms with Gasteiger partial charge in [-0.2, -0.15) is 0 Å². The maximum Gasteiger partial charge on any atom is 0.222 e. The van der Waals surface area contributed by atoms with Gasteiger partial charge in [-0.25, -0.2) is 0 Å². The molecule has 0 aromatic heterocycles. The Morgan fingerprint density at radius 2 is 1.95 bits per heavy atom. The van der Waals surface area contributed by atoms with E-state index < -0.39 is 5.60 Å². The van der Waals surface area contributed by atoms with Crippen LogP contribution in [0.25, 0.3) is 0 Å². The van der Waals surface area contributed by atoms with Crippen LogP contribution >= 0.6 is 0 Å². The van der Waals surface area contributed by atoms with Crippen LogP contribution in [0.2, 0.25) is 0 Å². The van der Waals surface area contributed by atoms with Crippen LogP contribution in [0.1, 0.15) is 24.8 Å². The third-order valence-electron chi connectivity index (χ3n) is 3.99. The van der Waals surface area contributed by atoms with E-state index in [0.29, 0.717) is 45.4 Å². The van der Waals surface area contributed by atoms with Gasteiger partial charge >= 0.3 is 0 Å². The Hall–Kier alpha value is -1.59. The molecule has 1 heterocycles. The highest BCUT2D eigenvalue weighted by atomic mass is 16.5. The summed E-state index contributed by atoms with van der Waals surface area (Å²) in [5.74, 6) is 0.0479. The fourth-order valence-electron chi connectivity index (χ4n) is 2.57. The molecule has 5 heteroatoms. The maximum absolute atomic E-state index is 12.2. The van der Waals surface area contributed by atoms with Gasteiger partial charge in [-0.3, -0.25) is 4.79 Å². The number of carbonyl (C=O) groups is 1. The van der Waals surface area contributed by atoms with E-state index in [2.05, 4.69) is 0 Å². The van der Waals surface area contributed by atoms with Gasteiger partial charge in [0, 0.05) is 51.8 Å². The average molecular weight is 292 g/mol. The Kier molecular flexibility index (Phi) is 5.20. The van der Waals surface area contributed by atoms with Gasteiger partial charge in [0.2, 0.25) is 5.91 Å². The molecular weight excluding hydrogens is 268 g/mol. The van der Waals surface area contributed by atoms with Crippen molar-refractivity contribution in [2.24, 2.45) is 0 Å². The number of aliphatic hydroxyl groups is 1. The van der Waals surface area contributed by atoms with E-state index in [-0.39, 0.29) is 5.91 Å². The van der Waals surface area contributed by atoms with Crippen molar-refractivity contribution >= 4 is 11.6 Å². The first kappa shape index (κ1) is 15.8. The van der Waals surface area contributed by atoms with E-state index in [1.54, 1.807) is 11.9 Å². The molecule has 21 heavy (non-hydrogen) atoms. The van der Waals surface area contributed by atoms with E-state index >= 15 is 0 Å². The summed E-state index contributed by atoms with van der Waals surface area (Å²) in [6.07, 6.45) is 2.29. The Morgan fingerprint density at radius 1 is 1.33 bits per heavy atom. The number of anilines is 1. The van der Waals surface area contributed by atoms with Gasteiger partial charge < -0.3 is 20.5 Å². The largest absolute Gasteiger partial charge is 0.399 e. The van der Waals surface area contributed by atoms with Crippen LogP contribution < -0.4 is 5.73 Å². The molecule has 116 valence electrons. The topological polar surface area (TPSA) is 75.8 Å². The second kappa shape index (κ2) is 6.91. The number of rotatable bonds is 5. The van der Waals surface area contributed by atoms with E-state index in [4.69, 9.17) is 10.5 Å². The number of nitrogens with zero attached hydrogens (tertiary/aromatic N) is 1. The lowest BCUT2D eigenvalue weighted by molar-refractivity contribution is -0.136. The van der Waals surface area contributed by atoms with Gasteiger partial charge in [0.1, 0.15) is 0 Å². The average Bonchev–Trinajstić information content (AvgIpc) is 2.46. The summed E-state index contributed by atoms with van der Waals surface area (Å²) in [4.78, 5) is 13.8. The lowest BCUT2D eigenvalue weighted by Gasteiger charge is -2.35. The molecule has 0 radical (unpaired) electrons. The molecule has 2 rings (SSSR count). The Morgan fingerprint density at radius 3 is 2.57 bits per heavy atom. The molecule has 0 unspecified atom stereocenters. The number of ether oxygens (including phenoxy) is 1. The first-order valence-electron chi connectivity index (χ1n) is 7.37. The van der Waals surface area contributed by atoms with Crippen LogP contribution in [0.15, 0.2) is 24.3 Å². The minimum Gasteiger partial charge on any atom is -0.399 e. The molecule has 0 bridgehead atoms. The summed E-state index contributed by atoms with van der Waals surface area (Å²) in [6, 6.07) is 7.56. The molecule has 1 aromatic rings. The van der Waals surface area contributed by atoms with Gasteiger partial charge in [0.25, 0.3) is 0 Å². The zero-order valence-corrected chi connectivity index (χ0v) is 12.5. The van der Waals surface area contributed by atoms with Gasteiger partial charge in [-0.1, -0.05) is 12.1 Å². The fraction of sp³-hybridized carbons (Fsp3) is 0.562. The van der Waals surface area contributed by atoms with Crippen LogP contribution in [0, 0.1) is 0 Å². The summed E-state index contributed by atoms with van der Waals surface area (Å²) in [5.41, 5.74) is 6.65. The summed E-state index contributed by atoms with van der Waals surface area (Å²) in [7, 11) is 1.75. The third kappa shape index (κ3) is 4.72. The molecule has 0 atom stereocenters. The molecule has 0 spiro atoms. The van der Waals surface area contributed by atoms with Crippen molar-refractivity contribution in [1.29, 1.82) is 0 Å². The van der Waals surface area contributed by atoms with Crippen LogP contribution in [0.3, 0.4) is 0 Å². The van der Waals surface area contributed by atoms with E-state index in [0.717, 1.165) is 11.3 Å². The number of nitrogens with two attached hydrogens (primary N) is 1. The number of benzene rings is 1. The summed E-state index contributed by atoms with van der Waals surface area (Å²) in [6.45, 7) is 1.49. The van der Waals surface area contributed by atoms with Gasteiger partial charge in [0.05, 0.1) is 5.60 Å². The minimum atomic E-state index is -0.802. The van der Waals surface area contributed by atoms with Crippen molar-refractivity contribution in [2.75, 3.05) is 32.5 Å². The minimum absolute atomic E-state index is 0.0479. The second-order valence-corrected chi connectivity index (χ2v) is 5.83. The molecule has 1 aromatic carbocycles. The maximum atomic E-state index is 12.2. The third-order valence-corrected chi connectivity index (χ3v) is 3.99. The number of likely N-dealkylation sites (N-methyl/N-ethyl adjacent to an activating group) is 1. The van der Waals surface area contributed by atoms with Gasteiger partial charge in [0.15, 0.2) is 0 Å². The van der Waals surface area contributed by atoms with E-state index in [1.807, 2.05) is 24.3 Å². The van der Waals surface area contributed by atoms with Crippen LogP contribution in [-0.2, 0) is 16.0 Å². The van der Waals surface area contributed by atoms with Crippen molar-refractivity contribution in [3.8, 4) is 0 Å².